The van der Waals surface area contributed by atoms with Crippen LogP contribution in [0.4, 0.5) is 0 Å². The van der Waals surface area contributed by atoms with E-state index in [1.54, 1.807) is 10.6 Å². The molecule has 1 aliphatic rings. The zero-order valence-electron chi connectivity index (χ0n) is 18.7. The molecule has 32 heavy (non-hydrogen) atoms. The minimum atomic E-state index is -3.50. The monoisotopic (exact) mass is 459 g/mol. The number of nitrogens with zero attached hydrogens (tertiary/aromatic N) is 1. The summed E-state index contributed by atoms with van der Waals surface area (Å²) in [6.07, 6.45) is 2.95. The first-order valence-electron chi connectivity index (χ1n) is 10.6. The van der Waals surface area contributed by atoms with Gasteiger partial charge in [-0.05, 0) is 56.4 Å². The molecular weight excluding hydrogens is 430 g/mol. The van der Waals surface area contributed by atoms with Crippen LogP contribution in [0.25, 0.3) is 0 Å². The van der Waals surface area contributed by atoms with Gasteiger partial charge in [-0.25, -0.2) is 0 Å². The molecule has 1 saturated heterocycles. The Bertz CT molecular complexity index is 1140. The van der Waals surface area contributed by atoms with E-state index in [-0.39, 0.29) is 18.2 Å². The first-order chi connectivity index (χ1) is 15.2. The van der Waals surface area contributed by atoms with Gasteiger partial charge in [-0.1, -0.05) is 24.0 Å². The van der Waals surface area contributed by atoms with Crippen LogP contribution >= 0.6 is 0 Å². The summed E-state index contributed by atoms with van der Waals surface area (Å²) < 4.78 is 39.5. The predicted molar refractivity (Wildman–Crippen MR) is 122 cm³/mol. The van der Waals surface area contributed by atoms with Crippen LogP contribution in [0, 0.1) is 24.7 Å². The SMILES string of the molecule is Cc1cc(OCC2CCOCC2)cc(=O)n1[C@H](C)c1ccc(C#CCOS(C)(=O)=O)cc1. The van der Waals surface area contributed by atoms with E-state index in [0.29, 0.717) is 18.3 Å². The van der Waals surface area contributed by atoms with Gasteiger partial charge in [-0.2, -0.15) is 8.42 Å². The van der Waals surface area contributed by atoms with Crippen LogP contribution < -0.4 is 10.3 Å². The molecule has 0 unspecified atom stereocenters. The lowest BCUT2D eigenvalue weighted by Gasteiger charge is -2.23. The number of aryl methyl sites for hydroxylation is 1. The largest absolute Gasteiger partial charge is 0.493 e. The molecule has 8 heteroatoms. The zero-order chi connectivity index (χ0) is 23.1. The summed E-state index contributed by atoms with van der Waals surface area (Å²) >= 11 is 0. The third-order valence-electron chi connectivity index (χ3n) is 5.42. The number of rotatable bonds is 7. The minimum absolute atomic E-state index is 0.110. The predicted octanol–water partition coefficient (Wildman–Crippen LogP) is 2.90. The van der Waals surface area contributed by atoms with Gasteiger partial charge in [0.2, 0.25) is 0 Å². The van der Waals surface area contributed by atoms with Gasteiger partial charge in [0.25, 0.3) is 15.7 Å². The molecule has 1 aromatic carbocycles. The van der Waals surface area contributed by atoms with Crippen LogP contribution in [0.3, 0.4) is 0 Å². The summed E-state index contributed by atoms with van der Waals surface area (Å²) in [5, 5.41) is 0. The maximum Gasteiger partial charge on any atom is 0.265 e. The number of aromatic nitrogens is 1. The highest BCUT2D eigenvalue weighted by Gasteiger charge is 2.16. The van der Waals surface area contributed by atoms with Crippen molar-refractivity contribution in [3.8, 4) is 17.6 Å². The topological polar surface area (TPSA) is 83.8 Å². The Hall–Kier alpha value is -2.60. The van der Waals surface area contributed by atoms with Crippen molar-refractivity contribution < 1.29 is 22.1 Å². The van der Waals surface area contributed by atoms with Crippen molar-refractivity contribution in [1.29, 1.82) is 0 Å². The van der Waals surface area contributed by atoms with Crippen molar-refractivity contribution in [3.05, 3.63) is 63.6 Å². The third kappa shape index (κ3) is 6.95. The quantitative estimate of drug-likeness (QED) is 0.468. The second kappa shape index (κ2) is 10.8. The Morgan fingerprint density at radius 2 is 1.88 bits per heavy atom. The molecule has 1 aliphatic heterocycles. The Morgan fingerprint density at radius 1 is 1.19 bits per heavy atom. The standard InChI is InChI=1S/C24H29NO6S/c1-18-15-23(30-17-21-10-13-29-14-11-21)16-24(26)25(18)19(2)22-8-6-20(7-9-22)5-4-12-31-32(3,27)28/h6-9,15-16,19,21H,10-14,17H2,1-3H3/t19-/m1/s1. The van der Waals surface area contributed by atoms with E-state index < -0.39 is 10.1 Å². The minimum Gasteiger partial charge on any atom is -0.493 e. The molecule has 2 heterocycles. The molecule has 1 fully saturated rings. The number of pyridine rings is 1. The van der Waals surface area contributed by atoms with Gasteiger partial charge in [0, 0.05) is 30.5 Å². The lowest BCUT2D eigenvalue weighted by Crippen LogP contribution is -2.26. The van der Waals surface area contributed by atoms with Gasteiger partial charge in [0.05, 0.1) is 18.9 Å². The molecular formula is C24H29NO6S. The molecule has 2 aromatic rings. The van der Waals surface area contributed by atoms with E-state index in [4.69, 9.17) is 9.47 Å². The number of hydrogen-bond acceptors (Lipinski definition) is 6. The maximum absolute atomic E-state index is 12.8. The van der Waals surface area contributed by atoms with Crippen LogP contribution in [-0.2, 0) is 19.0 Å². The average Bonchev–Trinajstić information content (AvgIpc) is 2.75. The molecule has 0 radical (unpaired) electrons. The van der Waals surface area contributed by atoms with Gasteiger partial charge in [0.15, 0.2) is 0 Å². The molecule has 3 rings (SSSR count). The van der Waals surface area contributed by atoms with Crippen LogP contribution in [0.1, 0.15) is 42.6 Å². The molecule has 1 aromatic heterocycles. The van der Waals surface area contributed by atoms with E-state index in [0.717, 1.165) is 49.1 Å². The fourth-order valence-electron chi connectivity index (χ4n) is 3.66. The summed E-state index contributed by atoms with van der Waals surface area (Å²) in [5.41, 5.74) is 2.41. The highest BCUT2D eigenvalue weighted by Crippen LogP contribution is 2.22. The Labute approximate surface area is 189 Å². The summed E-state index contributed by atoms with van der Waals surface area (Å²) in [5.74, 6) is 6.60. The lowest BCUT2D eigenvalue weighted by molar-refractivity contribution is 0.0497. The second-order valence-electron chi connectivity index (χ2n) is 7.97. The van der Waals surface area contributed by atoms with Crippen LogP contribution in [0.15, 0.2) is 41.2 Å². The van der Waals surface area contributed by atoms with Crippen molar-refractivity contribution in [2.45, 2.75) is 32.7 Å². The number of hydrogen-bond donors (Lipinski definition) is 0. The molecule has 0 N–H and O–H groups in total. The van der Waals surface area contributed by atoms with Gasteiger partial charge in [-0.3, -0.25) is 8.98 Å². The highest BCUT2D eigenvalue weighted by molar-refractivity contribution is 7.86. The number of ether oxygens (including phenoxy) is 2. The van der Waals surface area contributed by atoms with E-state index >= 15 is 0 Å². The molecule has 1 atom stereocenters. The van der Waals surface area contributed by atoms with Crippen LogP contribution in [0.5, 0.6) is 5.75 Å². The first kappa shape index (κ1) is 24.1. The summed E-state index contributed by atoms with van der Waals surface area (Å²) in [7, 11) is -3.50. The zero-order valence-corrected chi connectivity index (χ0v) is 19.5. The molecule has 0 aliphatic carbocycles. The third-order valence-corrected chi connectivity index (χ3v) is 5.97. The molecule has 0 spiro atoms. The number of benzene rings is 1. The van der Waals surface area contributed by atoms with Gasteiger partial charge in [-0.15, -0.1) is 0 Å². The molecule has 0 saturated carbocycles. The van der Waals surface area contributed by atoms with Crippen molar-refractivity contribution >= 4 is 10.1 Å². The Kier molecular flexibility index (Phi) is 8.13. The molecule has 7 nitrogen and oxygen atoms in total. The first-order valence-corrected chi connectivity index (χ1v) is 12.4. The van der Waals surface area contributed by atoms with Gasteiger partial charge < -0.3 is 14.0 Å². The lowest BCUT2D eigenvalue weighted by atomic mass is 10.0. The van der Waals surface area contributed by atoms with Gasteiger partial charge >= 0.3 is 0 Å². The summed E-state index contributed by atoms with van der Waals surface area (Å²) in [4.78, 5) is 12.8. The highest BCUT2D eigenvalue weighted by atomic mass is 32.2. The van der Waals surface area contributed by atoms with E-state index in [1.807, 2.05) is 44.2 Å². The summed E-state index contributed by atoms with van der Waals surface area (Å²) in [6, 6.07) is 10.8. The Morgan fingerprint density at radius 3 is 2.50 bits per heavy atom. The van der Waals surface area contributed by atoms with Crippen LogP contribution in [0.2, 0.25) is 0 Å². The fraction of sp³-hybridized carbons (Fsp3) is 0.458. The normalized spacial score (nSPS) is 15.6. The van der Waals surface area contributed by atoms with Crippen molar-refractivity contribution in [2.75, 3.05) is 32.7 Å². The van der Waals surface area contributed by atoms with Crippen LogP contribution in [-0.4, -0.2) is 45.7 Å². The smallest absolute Gasteiger partial charge is 0.265 e. The molecule has 0 bridgehead atoms. The van der Waals surface area contributed by atoms with Gasteiger partial charge in [0.1, 0.15) is 12.4 Å². The Balaban J connectivity index is 1.66. The maximum atomic E-state index is 12.8. The molecule has 0 amide bonds. The van der Waals surface area contributed by atoms with E-state index in [1.165, 1.54) is 0 Å². The van der Waals surface area contributed by atoms with E-state index in [9.17, 15) is 13.2 Å². The summed E-state index contributed by atoms with van der Waals surface area (Å²) in [6.45, 7) is 5.82. The average molecular weight is 460 g/mol. The van der Waals surface area contributed by atoms with Crippen molar-refractivity contribution in [2.24, 2.45) is 5.92 Å². The second-order valence-corrected chi connectivity index (χ2v) is 9.62. The van der Waals surface area contributed by atoms with Crippen molar-refractivity contribution in [1.82, 2.24) is 4.57 Å². The fourth-order valence-corrected chi connectivity index (χ4v) is 3.93. The van der Waals surface area contributed by atoms with E-state index in [2.05, 4.69) is 16.0 Å². The van der Waals surface area contributed by atoms with Crippen molar-refractivity contribution in [3.63, 3.8) is 0 Å². The molecule has 172 valence electrons.